The topological polar surface area (TPSA) is 59.6 Å². The van der Waals surface area contributed by atoms with Crippen molar-refractivity contribution < 1.29 is 4.74 Å². The first-order valence-electron chi connectivity index (χ1n) is 6.86. The summed E-state index contributed by atoms with van der Waals surface area (Å²) in [7, 11) is 0. The minimum absolute atomic E-state index is 0.331. The second-order valence-corrected chi connectivity index (χ2v) is 4.81. The maximum absolute atomic E-state index is 5.70. The zero-order valence-corrected chi connectivity index (χ0v) is 11.9. The van der Waals surface area contributed by atoms with Gasteiger partial charge in [0.15, 0.2) is 5.96 Å². The Hall–Kier alpha value is -1.55. The molecule has 0 radical (unpaired) electrons. The molecule has 0 saturated heterocycles. The Morgan fingerprint density at radius 1 is 1.26 bits per heavy atom. The Morgan fingerprint density at radius 3 is 2.68 bits per heavy atom. The number of hydrogen-bond donors (Lipinski definition) is 2. The summed E-state index contributed by atoms with van der Waals surface area (Å²) >= 11 is 0. The summed E-state index contributed by atoms with van der Waals surface area (Å²) in [6, 6.07) is 10.5. The maximum atomic E-state index is 5.70. The summed E-state index contributed by atoms with van der Waals surface area (Å²) in [5.41, 5.74) is 6.91. The van der Waals surface area contributed by atoms with E-state index in [4.69, 9.17) is 10.5 Å². The first kappa shape index (κ1) is 15.5. The minimum atomic E-state index is 0.331. The Kier molecular flexibility index (Phi) is 7.66. The van der Waals surface area contributed by atoms with Gasteiger partial charge in [-0.2, -0.15) is 0 Å². The van der Waals surface area contributed by atoms with Crippen LogP contribution in [0.25, 0.3) is 0 Å². The SMILES string of the molecule is CC(C)NC(N)=NCCCCOCc1ccccc1. The smallest absolute Gasteiger partial charge is 0.188 e. The van der Waals surface area contributed by atoms with Gasteiger partial charge in [0.25, 0.3) is 0 Å². The third-order valence-electron chi connectivity index (χ3n) is 2.53. The first-order valence-corrected chi connectivity index (χ1v) is 6.86. The van der Waals surface area contributed by atoms with Crippen LogP contribution in [-0.2, 0) is 11.3 Å². The zero-order valence-electron chi connectivity index (χ0n) is 11.9. The monoisotopic (exact) mass is 263 g/mol. The molecule has 4 heteroatoms. The molecule has 0 aliphatic carbocycles. The molecule has 19 heavy (non-hydrogen) atoms. The van der Waals surface area contributed by atoms with Gasteiger partial charge in [0.1, 0.15) is 0 Å². The highest BCUT2D eigenvalue weighted by atomic mass is 16.5. The second kappa shape index (κ2) is 9.39. The highest BCUT2D eigenvalue weighted by Gasteiger charge is 1.95. The quantitative estimate of drug-likeness (QED) is 0.430. The molecule has 0 saturated carbocycles. The standard InChI is InChI=1S/C15H25N3O/c1-13(2)18-15(16)17-10-6-7-11-19-12-14-8-4-3-5-9-14/h3-5,8-9,13H,6-7,10-12H2,1-2H3,(H3,16,17,18). The lowest BCUT2D eigenvalue weighted by atomic mass is 10.2. The molecule has 0 bridgehead atoms. The molecule has 3 N–H and O–H groups in total. The summed E-state index contributed by atoms with van der Waals surface area (Å²) in [4.78, 5) is 4.25. The zero-order chi connectivity index (χ0) is 13.9. The molecule has 0 amide bonds. The van der Waals surface area contributed by atoms with Gasteiger partial charge in [-0.25, -0.2) is 0 Å². The molecule has 4 nitrogen and oxygen atoms in total. The highest BCUT2D eigenvalue weighted by molar-refractivity contribution is 5.77. The largest absolute Gasteiger partial charge is 0.377 e. The number of aliphatic imine (C=N–C) groups is 1. The normalized spacial score (nSPS) is 11.8. The molecule has 0 unspecified atom stereocenters. The number of guanidine groups is 1. The van der Waals surface area contributed by atoms with Crippen molar-refractivity contribution in [3.63, 3.8) is 0 Å². The fourth-order valence-electron chi connectivity index (χ4n) is 1.62. The van der Waals surface area contributed by atoms with Crippen molar-refractivity contribution >= 4 is 5.96 Å². The molecular formula is C15H25N3O. The number of nitrogens with zero attached hydrogens (tertiary/aromatic N) is 1. The molecule has 0 fully saturated rings. The Labute approximate surface area is 116 Å². The van der Waals surface area contributed by atoms with Crippen LogP contribution < -0.4 is 11.1 Å². The van der Waals surface area contributed by atoms with E-state index in [0.717, 1.165) is 26.0 Å². The number of benzene rings is 1. The van der Waals surface area contributed by atoms with Gasteiger partial charge < -0.3 is 15.8 Å². The molecule has 1 aromatic rings. The minimum Gasteiger partial charge on any atom is -0.377 e. The van der Waals surface area contributed by atoms with Gasteiger partial charge in [0.05, 0.1) is 6.61 Å². The Morgan fingerprint density at radius 2 is 2.00 bits per heavy atom. The van der Waals surface area contributed by atoms with Crippen molar-refractivity contribution in [1.82, 2.24) is 5.32 Å². The molecular weight excluding hydrogens is 238 g/mol. The third-order valence-corrected chi connectivity index (χ3v) is 2.53. The fraction of sp³-hybridized carbons (Fsp3) is 0.533. The third kappa shape index (κ3) is 8.21. The average molecular weight is 263 g/mol. The van der Waals surface area contributed by atoms with Gasteiger partial charge in [-0.15, -0.1) is 0 Å². The molecule has 106 valence electrons. The molecule has 1 rings (SSSR count). The van der Waals surface area contributed by atoms with Crippen molar-refractivity contribution in [3.05, 3.63) is 35.9 Å². The number of unbranched alkanes of at least 4 members (excludes halogenated alkanes) is 1. The van der Waals surface area contributed by atoms with Gasteiger partial charge in [-0.1, -0.05) is 30.3 Å². The van der Waals surface area contributed by atoms with E-state index < -0.39 is 0 Å². The van der Waals surface area contributed by atoms with Crippen LogP contribution in [-0.4, -0.2) is 25.2 Å². The predicted molar refractivity (Wildman–Crippen MR) is 80.1 cm³/mol. The van der Waals surface area contributed by atoms with E-state index in [9.17, 15) is 0 Å². The molecule has 0 aliphatic rings. The lowest BCUT2D eigenvalue weighted by molar-refractivity contribution is 0.117. The Bertz CT molecular complexity index is 363. The van der Waals surface area contributed by atoms with Gasteiger partial charge >= 0.3 is 0 Å². The van der Waals surface area contributed by atoms with Gasteiger partial charge in [-0.3, -0.25) is 4.99 Å². The maximum Gasteiger partial charge on any atom is 0.188 e. The van der Waals surface area contributed by atoms with Gasteiger partial charge in [0, 0.05) is 19.2 Å². The van der Waals surface area contributed by atoms with Crippen molar-refractivity contribution in [2.75, 3.05) is 13.2 Å². The van der Waals surface area contributed by atoms with Crippen LogP contribution in [0, 0.1) is 0 Å². The lowest BCUT2D eigenvalue weighted by Gasteiger charge is -2.08. The predicted octanol–water partition coefficient (Wildman–Crippen LogP) is 2.30. The number of nitrogens with two attached hydrogens (primary N) is 1. The van der Waals surface area contributed by atoms with Crippen LogP contribution in [0.15, 0.2) is 35.3 Å². The van der Waals surface area contributed by atoms with Crippen LogP contribution in [0.4, 0.5) is 0 Å². The summed E-state index contributed by atoms with van der Waals surface area (Å²) in [5, 5.41) is 3.06. The molecule has 0 aromatic heterocycles. The average Bonchev–Trinajstić information content (AvgIpc) is 2.38. The number of rotatable bonds is 8. The van der Waals surface area contributed by atoms with E-state index in [1.807, 2.05) is 32.0 Å². The van der Waals surface area contributed by atoms with Crippen molar-refractivity contribution in [2.24, 2.45) is 10.7 Å². The van der Waals surface area contributed by atoms with Crippen LogP contribution in [0.1, 0.15) is 32.3 Å². The fourth-order valence-corrected chi connectivity index (χ4v) is 1.62. The van der Waals surface area contributed by atoms with E-state index in [0.29, 0.717) is 18.6 Å². The van der Waals surface area contributed by atoms with Crippen molar-refractivity contribution in [3.8, 4) is 0 Å². The van der Waals surface area contributed by atoms with Crippen LogP contribution in [0.2, 0.25) is 0 Å². The Balaban J connectivity index is 2.00. The van der Waals surface area contributed by atoms with Gasteiger partial charge in [-0.05, 0) is 32.3 Å². The van der Waals surface area contributed by atoms with Gasteiger partial charge in [0.2, 0.25) is 0 Å². The van der Waals surface area contributed by atoms with E-state index in [-0.39, 0.29) is 0 Å². The van der Waals surface area contributed by atoms with E-state index in [1.54, 1.807) is 0 Å². The lowest BCUT2D eigenvalue weighted by Crippen LogP contribution is -2.36. The number of nitrogens with one attached hydrogen (secondary N) is 1. The molecule has 0 heterocycles. The highest BCUT2D eigenvalue weighted by Crippen LogP contribution is 2.01. The molecule has 1 aromatic carbocycles. The van der Waals surface area contributed by atoms with E-state index in [2.05, 4.69) is 22.4 Å². The molecule has 0 spiro atoms. The van der Waals surface area contributed by atoms with Crippen LogP contribution >= 0.6 is 0 Å². The van der Waals surface area contributed by atoms with Crippen molar-refractivity contribution in [2.45, 2.75) is 39.3 Å². The van der Waals surface area contributed by atoms with Crippen LogP contribution in [0.5, 0.6) is 0 Å². The van der Waals surface area contributed by atoms with Crippen LogP contribution in [0.3, 0.4) is 0 Å². The number of hydrogen-bond acceptors (Lipinski definition) is 2. The van der Waals surface area contributed by atoms with Crippen molar-refractivity contribution in [1.29, 1.82) is 0 Å². The summed E-state index contributed by atoms with van der Waals surface area (Å²) in [6.45, 7) is 6.28. The molecule has 0 aliphatic heterocycles. The second-order valence-electron chi connectivity index (χ2n) is 4.81. The first-order chi connectivity index (χ1) is 9.18. The molecule has 0 atom stereocenters. The summed E-state index contributed by atoms with van der Waals surface area (Å²) in [6.07, 6.45) is 2.00. The van der Waals surface area contributed by atoms with E-state index >= 15 is 0 Å². The summed E-state index contributed by atoms with van der Waals surface area (Å²) in [5.74, 6) is 0.528. The van der Waals surface area contributed by atoms with E-state index in [1.165, 1.54) is 5.56 Å². The summed E-state index contributed by atoms with van der Waals surface area (Å²) < 4.78 is 5.60. The number of ether oxygens (including phenoxy) is 1.